The Hall–Kier alpha value is 2.60. The standard InChI is InChI=1S/2C4H9.2Al.2BrH.2ClH/c2*1-3-4-2;;;;;;/h2*1,3-4H2,2H3;;;4*1H/q;;2*+2;;;;/p-4. The molecule has 0 bridgehead atoms. The van der Waals surface area contributed by atoms with Gasteiger partial charge in [0.2, 0.25) is 0 Å². The van der Waals surface area contributed by atoms with Crippen molar-refractivity contribution in [2.24, 2.45) is 0 Å². The van der Waals surface area contributed by atoms with Gasteiger partial charge in [0, 0.05) is 0 Å². The van der Waals surface area contributed by atoms with Crippen LogP contribution in [-0.4, -0.2) is 32.6 Å². The minimum absolute atomic E-state index is 0. The Morgan fingerprint density at radius 3 is 0.929 bits per heavy atom. The molecule has 0 nitrogen and oxygen atoms in total. The van der Waals surface area contributed by atoms with Crippen molar-refractivity contribution in [2.45, 2.75) is 50.1 Å². The third-order valence-electron chi connectivity index (χ3n) is 1.12. The van der Waals surface area contributed by atoms with Crippen LogP contribution in [0.25, 0.3) is 0 Å². The summed E-state index contributed by atoms with van der Waals surface area (Å²) in [6.07, 6.45) is 5.35. The molecular formula is C8H18Al2Br2Cl2. The largest absolute Gasteiger partial charge is 1.00 e. The van der Waals surface area contributed by atoms with E-state index in [0.717, 1.165) is 0 Å². The summed E-state index contributed by atoms with van der Waals surface area (Å²) in [5.74, 6) is 0. The molecule has 0 aromatic carbocycles. The van der Waals surface area contributed by atoms with Gasteiger partial charge in [-0.15, -0.1) is 0 Å². The Bertz CT molecular complexity index is 44.3. The number of halogens is 4. The fourth-order valence-corrected chi connectivity index (χ4v) is 1.22. The second-order valence-corrected chi connectivity index (χ2v) is 3.44. The number of hydrogen-bond donors (Lipinski definition) is 0. The summed E-state index contributed by atoms with van der Waals surface area (Å²) in [4.78, 5) is 0. The summed E-state index contributed by atoms with van der Waals surface area (Å²) in [6, 6.07) is 0. The van der Waals surface area contributed by atoms with Crippen LogP contribution in [0.4, 0.5) is 0 Å². The molecule has 0 radical (unpaired) electrons. The maximum Gasteiger partial charge on any atom is -1.00 e. The monoisotopic (exact) mass is 396 g/mol. The molecule has 0 heterocycles. The minimum Gasteiger partial charge on any atom is -1.00 e. The van der Waals surface area contributed by atoms with Gasteiger partial charge in [-0.25, -0.2) is 0 Å². The summed E-state index contributed by atoms with van der Waals surface area (Å²) in [5.41, 5.74) is 0. The smallest absolute Gasteiger partial charge is 1.00 e. The molecule has 0 saturated heterocycles. The molecule has 0 amide bonds. The van der Waals surface area contributed by atoms with Crippen molar-refractivity contribution in [3.8, 4) is 0 Å². The van der Waals surface area contributed by atoms with Crippen LogP contribution in [0.15, 0.2) is 0 Å². The second kappa shape index (κ2) is 45.0. The molecule has 0 fully saturated rings. The van der Waals surface area contributed by atoms with Crippen molar-refractivity contribution in [3.63, 3.8) is 0 Å². The minimum atomic E-state index is 0. The quantitative estimate of drug-likeness (QED) is 0.413. The molecule has 0 aromatic rings. The summed E-state index contributed by atoms with van der Waals surface area (Å²) < 4.78 is 0. The van der Waals surface area contributed by atoms with Crippen LogP contribution in [-0.2, 0) is 0 Å². The Balaban J connectivity index is -0.0000000178. The molecule has 0 rings (SSSR count). The molecule has 0 aromatic heterocycles. The Morgan fingerprint density at radius 1 is 0.714 bits per heavy atom. The number of rotatable bonds is 4. The van der Waals surface area contributed by atoms with E-state index in [-0.39, 0.29) is 58.8 Å². The van der Waals surface area contributed by atoms with Gasteiger partial charge in [0.1, 0.15) is 0 Å². The van der Waals surface area contributed by atoms with Crippen LogP contribution in [0, 0.1) is 0 Å². The van der Waals surface area contributed by atoms with Crippen molar-refractivity contribution < 1.29 is 58.8 Å². The van der Waals surface area contributed by atoms with Crippen LogP contribution in [0.2, 0.25) is 10.6 Å². The molecule has 84 valence electrons. The van der Waals surface area contributed by atoms with E-state index in [2.05, 4.69) is 46.4 Å². The van der Waals surface area contributed by atoms with Gasteiger partial charge in [0.15, 0.2) is 0 Å². The van der Waals surface area contributed by atoms with Gasteiger partial charge < -0.3 is 58.8 Å². The van der Waals surface area contributed by atoms with Crippen LogP contribution < -0.4 is 58.8 Å². The average molecular weight is 399 g/mol. The van der Waals surface area contributed by atoms with Gasteiger partial charge in [-0.3, -0.25) is 0 Å². The van der Waals surface area contributed by atoms with Gasteiger partial charge in [-0.05, 0) is 0 Å². The molecule has 0 aliphatic heterocycles. The molecule has 0 saturated carbocycles. The second-order valence-electron chi connectivity index (χ2n) is 2.28. The van der Waals surface area contributed by atoms with Crippen molar-refractivity contribution in [1.29, 1.82) is 0 Å². The van der Waals surface area contributed by atoms with Gasteiger partial charge >= 0.3 is 82.7 Å². The first-order valence-electron chi connectivity index (χ1n) is 4.23. The predicted octanol–water partition coefficient (Wildman–Crippen LogP) is -9.24. The molecule has 0 aliphatic carbocycles. The zero-order valence-electron chi connectivity index (χ0n) is 8.91. The van der Waals surface area contributed by atoms with E-state index >= 15 is 0 Å². The van der Waals surface area contributed by atoms with Gasteiger partial charge in [0.05, 0.1) is 0 Å². The van der Waals surface area contributed by atoms with Gasteiger partial charge in [0.25, 0.3) is 0 Å². The summed E-state index contributed by atoms with van der Waals surface area (Å²) in [5, 5.41) is 2.52. The first-order valence-corrected chi connectivity index (χ1v) is 5.86. The Kier molecular flexibility index (Phi) is 115. The molecule has 0 spiro atoms. The molecule has 0 unspecified atom stereocenters. The summed E-state index contributed by atoms with van der Waals surface area (Å²) in [6.45, 7) is 4.40. The first-order chi connectivity index (χ1) is 4.83. The van der Waals surface area contributed by atoms with E-state index < -0.39 is 0 Å². The molecule has 0 N–H and O–H groups in total. The first kappa shape index (κ1) is 36.0. The molecular weight excluding hydrogens is 381 g/mol. The number of hydrogen-bond acceptors (Lipinski definition) is 0. The van der Waals surface area contributed by atoms with Gasteiger partial charge in [-0.2, -0.15) is 0 Å². The molecule has 0 atom stereocenters. The third kappa shape index (κ3) is 62.0. The summed E-state index contributed by atoms with van der Waals surface area (Å²) >= 11 is 5.40. The van der Waals surface area contributed by atoms with E-state index in [1.165, 1.54) is 36.2 Å². The number of unbranched alkanes of at least 4 members (excludes halogenated alkanes) is 2. The predicted molar refractivity (Wildman–Crippen MR) is 50.9 cm³/mol. The van der Waals surface area contributed by atoms with Crippen molar-refractivity contribution >= 4 is 32.6 Å². The molecule has 6 heteroatoms. The van der Waals surface area contributed by atoms with E-state index in [9.17, 15) is 0 Å². The maximum atomic E-state index is 2.70. The maximum absolute atomic E-state index is 2.70. The third-order valence-corrected chi connectivity index (χ3v) is 1.93. The van der Waals surface area contributed by atoms with Crippen LogP contribution in [0.3, 0.4) is 0 Å². The Morgan fingerprint density at radius 2 is 0.929 bits per heavy atom. The normalized spacial score (nSPS) is 6.14. The summed E-state index contributed by atoms with van der Waals surface area (Å²) in [7, 11) is 0. The van der Waals surface area contributed by atoms with Crippen molar-refractivity contribution in [2.75, 3.05) is 0 Å². The fraction of sp³-hybridized carbons (Fsp3) is 1.00. The van der Waals surface area contributed by atoms with Crippen LogP contribution in [0.1, 0.15) is 39.5 Å². The van der Waals surface area contributed by atoms with Gasteiger partial charge in [-0.1, -0.05) is 0 Å². The zero-order chi connectivity index (χ0) is 8.24. The van der Waals surface area contributed by atoms with Crippen molar-refractivity contribution in [3.05, 3.63) is 0 Å². The van der Waals surface area contributed by atoms with E-state index in [1.54, 1.807) is 0 Å². The van der Waals surface area contributed by atoms with Crippen LogP contribution >= 0.6 is 0 Å². The zero-order valence-corrected chi connectivity index (χ0v) is 15.9. The van der Waals surface area contributed by atoms with Crippen LogP contribution in [0.5, 0.6) is 0 Å². The Labute approximate surface area is 140 Å². The fourth-order valence-electron chi connectivity index (χ4n) is 0.408. The molecule has 14 heavy (non-hydrogen) atoms. The van der Waals surface area contributed by atoms with E-state index in [0.29, 0.717) is 0 Å². The van der Waals surface area contributed by atoms with Crippen molar-refractivity contribution in [1.82, 2.24) is 0 Å². The van der Waals surface area contributed by atoms with E-state index in [4.69, 9.17) is 0 Å². The topological polar surface area (TPSA) is 0 Å². The average Bonchev–Trinajstić information content (AvgIpc) is 1.93. The van der Waals surface area contributed by atoms with E-state index in [1.807, 2.05) is 0 Å². The SMILES string of the molecule is CCC[CH2][Al+2].CCC[CH2][Al+2].[Br-].[Br-].[Cl-].[Cl-]. The molecule has 0 aliphatic rings.